The summed E-state index contributed by atoms with van der Waals surface area (Å²) in [6.07, 6.45) is 5.46. The number of rotatable bonds is 8. The van der Waals surface area contributed by atoms with Gasteiger partial charge in [0.25, 0.3) is 0 Å². The van der Waals surface area contributed by atoms with Crippen LogP contribution in [-0.2, 0) is 22.7 Å². The Morgan fingerprint density at radius 1 is 0.250 bits per heavy atom. The van der Waals surface area contributed by atoms with E-state index in [0.29, 0.717) is 11.6 Å². The van der Waals surface area contributed by atoms with Crippen molar-refractivity contribution in [2.75, 3.05) is 0 Å². The van der Waals surface area contributed by atoms with Gasteiger partial charge in [-0.1, -0.05) is 360 Å². The van der Waals surface area contributed by atoms with Crippen molar-refractivity contribution in [1.29, 1.82) is 0 Å². The Kier molecular flexibility index (Phi) is 15.1. The van der Waals surface area contributed by atoms with Crippen LogP contribution >= 0.6 is 0 Å². The summed E-state index contributed by atoms with van der Waals surface area (Å²) in [4.78, 5) is 20.7. The quantitative estimate of drug-likeness (QED) is 0.151. The molecule has 4 heterocycles. The average Bonchev–Trinajstić information content (AvgIpc) is 1.52. The normalized spacial score (nSPS) is 14.1. The first-order valence-electron chi connectivity index (χ1n) is 40.0. The zero-order valence-electron chi connectivity index (χ0n) is 63.8. The van der Waals surface area contributed by atoms with E-state index in [9.17, 15) is 0 Å². The first-order chi connectivity index (χ1) is 57.2. The fourth-order valence-corrected chi connectivity index (χ4v) is 19.9. The van der Waals surface area contributed by atoms with Crippen LogP contribution in [0.5, 0.6) is 23.0 Å². The summed E-state index contributed by atoms with van der Waals surface area (Å²) in [7, 11) is 0. The van der Waals surface area contributed by atoms with E-state index in [-0.39, 0.29) is 5.41 Å². The summed E-state index contributed by atoms with van der Waals surface area (Å²) in [5, 5.41) is 2.57. The van der Waals surface area contributed by atoms with Crippen molar-refractivity contribution in [3.8, 4) is 146 Å². The van der Waals surface area contributed by atoms with Crippen molar-refractivity contribution in [2.45, 2.75) is 36.5 Å². The minimum absolute atomic E-state index is 0.109. The van der Waals surface area contributed by atoms with E-state index in [2.05, 4.69) is 366 Å². The maximum Gasteiger partial charge on any atom is 0.160 e. The molecule has 0 radical (unpaired) electrons. The number of fused-ring (bicyclic) bond motifs is 21. The molecule has 0 N–H and O–H groups in total. The van der Waals surface area contributed by atoms with E-state index >= 15 is 0 Å². The van der Waals surface area contributed by atoms with Crippen molar-refractivity contribution in [3.63, 3.8) is 0 Å². The van der Waals surface area contributed by atoms with Gasteiger partial charge in [0.05, 0.1) is 33.6 Å². The van der Waals surface area contributed by atoms with Crippen molar-refractivity contribution in [1.82, 2.24) is 19.9 Å². The van der Waals surface area contributed by atoms with Gasteiger partial charge in [-0.25, -0.2) is 19.9 Å². The summed E-state index contributed by atoms with van der Waals surface area (Å²) in [5.74, 6) is 4.97. The van der Waals surface area contributed by atoms with Crippen molar-refractivity contribution in [2.24, 2.45) is 0 Å². The molecule has 2 aromatic heterocycles. The lowest BCUT2D eigenvalue weighted by atomic mass is 9.65. The fourth-order valence-electron chi connectivity index (χ4n) is 19.9. The van der Waals surface area contributed by atoms with E-state index in [1.807, 2.05) is 36.4 Å². The van der Waals surface area contributed by atoms with E-state index in [4.69, 9.17) is 29.4 Å². The highest BCUT2D eigenvalue weighted by Gasteiger charge is 2.53. The third kappa shape index (κ3) is 10.2. The highest BCUT2D eigenvalue weighted by molar-refractivity contribution is 5.99. The summed E-state index contributed by atoms with van der Waals surface area (Å²) in [6, 6.07) is 135. The van der Waals surface area contributed by atoms with Crippen LogP contribution in [0.1, 0.15) is 80.6 Å². The molecule has 2 spiro atoms. The number of allylic oxidation sites excluding steroid dienone is 1. The summed E-state index contributed by atoms with van der Waals surface area (Å²) >= 11 is 0. The molecule has 0 bridgehead atoms. The van der Waals surface area contributed by atoms with Gasteiger partial charge in [-0.2, -0.15) is 0 Å². The lowest BCUT2D eigenvalue weighted by Gasteiger charge is -2.40. The zero-order chi connectivity index (χ0) is 76.8. The number of hydrogen-bond donors (Lipinski definition) is 0. The molecule has 0 amide bonds. The highest BCUT2D eigenvalue weighted by Crippen LogP contribution is 2.66. The molecule has 18 aromatic rings. The largest absolute Gasteiger partial charge is 0.456 e. The van der Waals surface area contributed by atoms with Crippen LogP contribution in [0.25, 0.3) is 140 Å². The van der Waals surface area contributed by atoms with E-state index in [0.717, 1.165) is 119 Å². The lowest BCUT2D eigenvalue weighted by molar-refractivity contribution is 0.438. The van der Waals surface area contributed by atoms with Crippen molar-refractivity contribution in [3.05, 3.63) is 449 Å². The van der Waals surface area contributed by atoms with Crippen LogP contribution in [-0.4, -0.2) is 19.9 Å². The highest BCUT2D eigenvalue weighted by atomic mass is 16.5. The van der Waals surface area contributed by atoms with Crippen LogP contribution in [0.15, 0.2) is 382 Å². The Hall–Kier alpha value is -14.7. The average molecular weight is 1480 g/mol. The molecular formula is C110H72N4O2. The molecule has 0 saturated carbocycles. The molecule has 0 unspecified atom stereocenters. The second kappa shape index (κ2) is 26.2. The Labute approximate surface area is 673 Å². The van der Waals surface area contributed by atoms with Gasteiger partial charge in [-0.05, 0) is 149 Å². The molecule has 6 nitrogen and oxygen atoms in total. The van der Waals surface area contributed by atoms with Gasteiger partial charge in [0, 0.05) is 72.2 Å². The number of nitrogens with zero attached hydrogens (tertiary/aromatic N) is 4. The molecule has 6 heteroatoms. The van der Waals surface area contributed by atoms with Gasteiger partial charge < -0.3 is 9.47 Å². The minimum Gasteiger partial charge on any atom is -0.456 e. The van der Waals surface area contributed by atoms with Crippen LogP contribution in [0.4, 0.5) is 0 Å². The molecule has 2 aliphatic heterocycles. The third-order valence-electron chi connectivity index (χ3n) is 25.2. The van der Waals surface area contributed by atoms with E-state index in [1.54, 1.807) is 0 Å². The fraction of sp³-hybridized carbons (Fsp3) is 0.0545. The molecule has 6 aliphatic rings. The Balaban J connectivity index is 0.000000137. The van der Waals surface area contributed by atoms with Crippen molar-refractivity contribution < 1.29 is 9.47 Å². The number of ether oxygens (including phenoxy) is 2. The summed E-state index contributed by atoms with van der Waals surface area (Å²) < 4.78 is 13.9. The Morgan fingerprint density at radius 2 is 0.612 bits per heavy atom. The van der Waals surface area contributed by atoms with Gasteiger partial charge in [0.1, 0.15) is 23.0 Å². The second-order valence-corrected chi connectivity index (χ2v) is 31.7. The summed E-state index contributed by atoms with van der Waals surface area (Å²) in [6.45, 7) is 4.64. The van der Waals surface area contributed by atoms with Gasteiger partial charge in [0.2, 0.25) is 0 Å². The molecule has 16 aromatic carbocycles. The first-order valence-corrected chi connectivity index (χ1v) is 40.0. The van der Waals surface area contributed by atoms with E-state index < -0.39 is 10.8 Å². The van der Waals surface area contributed by atoms with Gasteiger partial charge in [-0.15, -0.1) is 0 Å². The predicted octanol–water partition coefficient (Wildman–Crippen LogP) is 27.3. The Bertz CT molecular complexity index is 7050. The topological polar surface area (TPSA) is 70.0 Å². The molecule has 24 rings (SSSR count). The second-order valence-electron chi connectivity index (χ2n) is 31.7. The monoisotopic (exact) mass is 1480 g/mol. The van der Waals surface area contributed by atoms with Gasteiger partial charge >= 0.3 is 0 Å². The van der Waals surface area contributed by atoms with Crippen molar-refractivity contribution >= 4 is 16.8 Å². The zero-order valence-corrected chi connectivity index (χ0v) is 63.8. The molecule has 4 aliphatic carbocycles. The standard InChI is InChI=1S/C56H38N2O.C54H34N2O/c1-55(2)44-21-9-6-17-40(44)43-32-31-38(33-49(43)55)51-34-50(57-54(58-51)37-15-4-3-5-16-37)36-29-27-35(28-30-36)39-20-14-25-48-53(39)59-52-26-13-12-24-47(52)56(48)45-22-10-7-18-41(45)42-19-8-11-23-46(42)56;1-2-13-37(14-3-1)53-55-48(33-49(56-53)40-31-38-17-10-15-36-16-11-18-39(32-40)51(36)38)35-29-27-34(28-30-35)41-21-12-25-47-52(41)57-50-26-9-8-24-46(50)54(47)44-22-6-4-19-42(44)43-20-5-7-23-45(43)54/h3-34H,1-2H3;1-15,17-33H,16H2. The van der Waals surface area contributed by atoms with Crippen LogP contribution < -0.4 is 9.47 Å². The first kappa shape index (κ1) is 67.0. The number of benzene rings is 16. The van der Waals surface area contributed by atoms with Crippen LogP contribution in [0.3, 0.4) is 0 Å². The molecule has 0 fully saturated rings. The van der Waals surface area contributed by atoms with Crippen LogP contribution in [0, 0.1) is 0 Å². The molecule has 0 saturated heterocycles. The molecule has 0 atom stereocenters. The molecule has 544 valence electrons. The number of hydrogen-bond acceptors (Lipinski definition) is 6. The van der Waals surface area contributed by atoms with Crippen LogP contribution in [0.2, 0.25) is 0 Å². The molecule has 116 heavy (non-hydrogen) atoms. The van der Waals surface area contributed by atoms with Gasteiger partial charge in [0.15, 0.2) is 11.6 Å². The summed E-state index contributed by atoms with van der Waals surface area (Å²) in [5.41, 5.74) is 35.7. The maximum absolute atomic E-state index is 6.97. The molecular weight excluding hydrogens is 1410 g/mol. The number of para-hydroxylation sites is 4. The third-order valence-corrected chi connectivity index (χ3v) is 25.2. The minimum atomic E-state index is -0.506. The lowest BCUT2D eigenvalue weighted by Crippen LogP contribution is -2.32. The number of aromatic nitrogens is 4. The Morgan fingerprint density at radius 3 is 1.09 bits per heavy atom. The smallest absolute Gasteiger partial charge is 0.160 e. The SMILES string of the molecule is C1=Cc2cc(-c3cc(-c4ccc(-c5cccc6c5Oc5ccccc5C65c6ccccc6-c6ccccc65)cc4)nc(-c4ccccc4)n3)cc3cccc(c23)C1.CC1(C)c2ccccc2-c2ccc(-c3cc(-c4ccc(-c5cccc6c5Oc5ccccc5C65c6ccccc6-c6ccccc65)cc4)nc(-c4ccccc4)n3)cc21. The van der Waals surface area contributed by atoms with Gasteiger partial charge in [-0.3, -0.25) is 0 Å². The van der Waals surface area contributed by atoms with E-state index in [1.165, 1.54) is 99.8 Å². The predicted molar refractivity (Wildman–Crippen MR) is 470 cm³/mol. The maximum atomic E-state index is 6.97.